The zero-order chi connectivity index (χ0) is 7.56. The van der Waals surface area contributed by atoms with Crippen molar-refractivity contribution in [1.29, 1.82) is 0 Å². The van der Waals surface area contributed by atoms with Gasteiger partial charge in [0.15, 0.2) is 5.76 Å². The smallest absolute Gasteiger partial charge is 0.166 e. The molecule has 0 amide bonds. The van der Waals surface area contributed by atoms with E-state index in [1.807, 2.05) is 0 Å². The summed E-state index contributed by atoms with van der Waals surface area (Å²) in [4.78, 5) is 0. The van der Waals surface area contributed by atoms with Crippen LogP contribution in [0.4, 0.5) is 0 Å². The molecular formula is C6H10N2O2. The molecule has 0 aliphatic heterocycles. The quantitative estimate of drug-likeness (QED) is 0.612. The molecule has 0 spiro atoms. The van der Waals surface area contributed by atoms with E-state index in [0.29, 0.717) is 5.76 Å². The molecule has 0 saturated heterocycles. The van der Waals surface area contributed by atoms with Crippen LogP contribution in [0.1, 0.15) is 18.8 Å². The average Bonchev–Trinajstić information content (AvgIpc) is 2.36. The maximum absolute atomic E-state index is 9.23. The van der Waals surface area contributed by atoms with Gasteiger partial charge in [-0.2, -0.15) is 0 Å². The Kier molecular flexibility index (Phi) is 2.03. The zero-order valence-electron chi connectivity index (χ0n) is 5.69. The first-order valence-corrected chi connectivity index (χ1v) is 3.06. The Morgan fingerprint density at radius 3 is 2.90 bits per heavy atom. The average molecular weight is 142 g/mol. The van der Waals surface area contributed by atoms with Crippen LogP contribution >= 0.6 is 0 Å². The summed E-state index contributed by atoms with van der Waals surface area (Å²) in [6.45, 7) is 1.70. The molecule has 0 aliphatic rings. The van der Waals surface area contributed by atoms with Crippen molar-refractivity contribution in [3.05, 3.63) is 18.0 Å². The topological polar surface area (TPSA) is 72.3 Å². The predicted octanol–water partition coefficient (Wildman–Crippen LogP) is 0.0552. The van der Waals surface area contributed by atoms with Gasteiger partial charge >= 0.3 is 0 Å². The van der Waals surface area contributed by atoms with Gasteiger partial charge in [0.05, 0.1) is 6.20 Å². The molecule has 0 fully saturated rings. The lowest BCUT2D eigenvalue weighted by atomic mass is 10.1. The first-order chi connectivity index (χ1) is 4.72. The highest BCUT2D eigenvalue weighted by atomic mass is 16.5. The number of aliphatic hydroxyl groups is 1. The fourth-order valence-electron chi connectivity index (χ4n) is 0.637. The van der Waals surface area contributed by atoms with Gasteiger partial charge in [0.25, 0.3) is 0 Å². The fraction of sp³-hybridized carbons (Fsp3) is 0.500. The Morgan fingerprint density at radius 2 is 2.50 bits per heavy atom. The first-order valence-electron chi connectivity index (χ1n) is 3.06. The SMILES string of the molecule is CC(N)C(O)c1ccno1. The zero-order valence-corrected chi connectivity index (χ0v) is 5.69. The van der Waals surface area contributed by atoms with Crippen molar-refractivity contribution in [1.82, 2.24) is 5.16 Å². The van der Waals surface area contributed by atoms with Gasteiger partial charge in [-0.15, -0.1) is 0 Å². The number of aliphatic hydroxyl groups excluding tert-OH is 1. The molecule has 3 N–H and O–H groups in total. The molecule has 1 heterocycles. The Labute approximate surface area is 58.6 Å². The largest absolute Gasteiger partial charge is 0.383 e. The molecule has 1 aromatic heterocycles. The number of hydrogen-bond acceptors (Lipinski definition) is 4. The highest BCUT2D eigenvalue weighted by molar-refractivity contribution is 4.99. The minimum atomic E-state index is -0.748. The molecule has 1 aromatic rings. The number of nitrogens with zero attached hydrogens (tertiary/aromatic N) is 1. The third kappa shape index (κ3) is 1.34. The van der Waals surface area contributed by atoms with E-state index in [1.165, 1.54) is 6.20 Å². The van der Waals surface area contributed by atoms with E-state index in [0.717, 1.165) is 0 Å². The maximum atomic E-state index is 9.23. The number of aromatic nitrogens is 1. The van der Waals surface area contributed by atoms with Crippen molar-refractivity contribution >= 4 is 0 Å². The second kappa shape index (κ2) is 2.81. The van der Waals surface area contributed by atoms with E-state index >= 15 is 0 Å². The van der Waals surface area contributed by atoms with E-state index in [2.05, 4.69) is 9.68 Å². The second-order valence-corrected chi connectivity index (χ2v) is 2.22. The molecule has 2 atom stereocenters. The van der Waals surface area contributed by atoms with Crippen molar-refractivity contribution in [3.63, 3.8) is 0 Å². The van der Waals surface area contributed by atoms with E-state index in [4.69, 9.17) is 5.73 Å². The molecular weight excluding hydrogens is 132 g/mol. The summed E-state index contributed by atoms with van der Waals surface area (Å²) in [6.07, 6.45) is 0.725. The molecule has 4 heteroatoms. The fourth-order valence-corrected chi connectivity index (χ4v) is 0.637. The molecule has 4 nitrogen and oxygen atoms in total. The summed E-state index contributed by atoms with van der Waals surface area (Å²) in [5, 5.41) is 12.7. The first kappa shape index (κ1) is 7.24. The Balaban J connectivity index is 2.68. The summed E-state index contributed by atoms with van der Waals surface area (Å²) in [5.74, 6) is 0.412. The maximum Gasteiger partial charge on any atom is 0.166 e. The molecule has 10 heavy (non-hydrogen) atoms. The van der Waals surface area contributed by atoms with Crippen molar-refractivity contribution < 1.29 is 9.63 Å². The third-order valence-corrected chi connectivity index (χ3v) is 1.25. The van der Waals surface area contributed by atoms with Crippen LogP contribution in [0.2, 0.25) is 0 Å². The van der Waals surface area contributed by atoms with E-state index < -0.39 is 6.10 Å². The molecule has 0 aliphatic carbocycles. The van der Waals surface area contributed by atoms with Crippen LogP contribution < -0.4 is 5.73 Å². The van der Waals surface area contributed by atoms with Crippen LogP contribution in [0.5, 0.6) is 0 Å². The lowest BCUT2D eigenvalue weighted by Crippen LogP contribution is -2.23. The van der Waals surface area contributed by atoms with Crippen molar-refractivity contribution in [3.8, 4) is 0 Å². The molecule has 0 bridgehead atoms. The van der Waals surface area contributed by atoms with Crippen molar-refractivity contribution in [2.75, 3.05) is 0 Å². The molecule has 0 saturated carbocycles. The normalized spacial score (nSPS) is 16.7. The molecule has 0 aromatic carbocycles. The van der Waals surface area contributed by atoms with Crippen LogP contribution in [0.15, 0.2) is 16.8 Å². The number of hydrogen-bond donors (Lipinski definition) is 2. The summed E-state index contributed by atoms with van der Waals surface area (Å²) >= 11 is 0. The minimum absolute atomic E-state index is 0.326. The number of nitrogens with two attached hydrogens (primary N) is 1. The van der Waals surface area contributed by atoms with Gasteiger partial charge in [-0.25, -0.2) is 0 Å². The van der Waals surface area contributed by atoms with Crippen LogP contribution in [0.25, 0.3) is 0 Å². The van der Waals surface area contributed by atoms with Crippen LogP contribution in [0.3, 0.4) is 0 Å². The number of rotatable bonds is 2. The Hall–Kier alpha value is -0.870. The van der Waals surface area contributed by atoms with Gasteiger partial charge in [0, 0.05) is 12.1 Å². The van der Waals surface area contributed by atoms with E-state index in [-0.39, 0.29) is 6.04 Å². The monoisotopic (exact) mass is 142 g/mol. The highest BCUT2D eigenvalue weighted by Gasteiger charge is 2.15. The van der Waals surface area contributed by atoms with Gasteiger partial charge in [0.2, 0.25) is 0 Å². The standard InChI is InChI=1S/C6H10N2O2/c1-4(7)6(9)5-2-3-8-10-5/h2-4,6,9H,7H2,1H3. The summed E-state index contributed by atoms with van der Waals surface area (Å²) in [6, 6.07) is 1.27. The Bertz CT molecular complexity index is 184. The van der Waals surface area contributed by atoms with Crippen LogP contribution in [-0.2, 0) is 0 Å². The van der Waals surface area contributed by atoms with Gasteiger partial charge in [-0.3, -0.25) is 0 Å². The second-order valence-electron chi connectivity index (χ2n) is 2.22. The third-order valence-electron chi connectivity index (χ3n) is 1.25. The summed E-state index contributed by atoms with van der Waals surface area (Å²) < 4.78 is 4.68. The van der Waals surface area contributed by atoms with Crippen LogP contribution in [-0.4, -0.2) is 16.3 Å². The molecule has 1 rings (SSSR count). The van der Waals surface area contributed by atoms with Crippen molar-refractivity contribution in [2.24, 2.45) is 5.73 Å². The van der Waals surface area contributed by atoms with E-state index in [1.54, 1.807) is 13.0 Å². The summed E-state index contributed by atoms with van der Waals surface area (Å²) in [5.41, 5.74) is 5.39. The van der Waals surface area contributed by atoms with Gasteiger partial charge in [-0.1, -0.05) is 5.16 Å². The van der Waals surface area contributed by atoms with Gasteiger partial charge in [0.1, 0.15) is 6.10 Å². The minimum Gasteiger partial charge on any atom is -0.383 e. The van der Waals surface area contributed by atoms with Crippen LogP contribution in [0, 0.1) is 0 Å². The van der Waals surface area contributed by atoms with Gasteiger partial charge < -0.3 is 15.4 Å². The lowest BCUT2D eigenvalue weighted by molar-refractivity contribution is 0.118. The molecule has 0 radical (unpaired) electrons. The van der Waals surface area contributed by atoms with Crippen molar-refractivity contribution in [2.45, 2.75) is 19.1 Å². The Morgan fingerprint density at radius 1 is 1.80 bits per heavy atom. The molecule has 2 unspecified atom stereocenters. The lowest BCUT2D eigenvalue weighted by Gasteiger charge is -2.09. The van der Waals surface area contributed by atoms with Gasteiger partial charge in [-0.05, 0) is 6.92 Å². The van der Waals surface area contributed by atoms with E-state index in [9.17, 15) is 5.11 Å². The molecule has 56 valence electrons. The highest BCUT2D eigenvalue weighted by Crippen LogP contribution is 2.13. The predicted molar refractivity (Wildman–Crippen MR) is 35.1 cm³/mol. The summed E-state index contributed by atoms with van der Waals surface area (Å²) in [7, 11) is 0.